The molecule has 0 atom stereocenters. The summed E-state index contributed by atoms with van der Waals surface area (Å²) in [5.41, 5.74) is 6.05. The number of rotatable bonds is 4. The second-order valence-corrected chi connectivity index (χ2v) is 6.45. The number of hydrogen-bond acceptors (Lipinski definition) is 3. The van der Waals surface area contributed by atoms with Gasteiger partial charge in [0, 0.05) is 12.1 Å². The van der Waals surface area contributed by atoms with Crippen LogP contribution in [0.1, 0.15) is 24.8 Å². The third-order valence-corrected chi connectivity index (χ3v) is 4.73. The van der Waals surface area contributed by atoms with Crippen molar-refractivity contribution in [3.63, 3.8) is 0 Å². The van der Waals surface area contributed by atoms with Crippen molar-refractivity contribution in [1.82, 2.24) is 4.72 Å². The lowest BCUT2D eigenvalue weighted by Crippen LogP contribution is -2.32. The second kappa shape index (κ2) is 6.20. The number of nitrogens with two attached hydrogens (primary N) is 1. The quantitative estimate of drug-likeness (QED) is 0.809. The molecule has 0 amide bonds. The second-order valence-electron chi connectivity index (χ2n) is 4.68. The molecule has 0 radical (unpaired) electrons. The van der Waals surface area contributed by atoms with Gasteiger partial charge in [0.2, 0.25) is 10.0 Å². The molecule has 0 bridgehead atoms. The smallest absolute Gasteiger partial charge is 0.240 e. The molecule has 1 aliphatic carbocycles. The Balaban J connectivity index is 2.02. The van der Waals surface area contributed by atoms with Gasteiger partial charge in [0.1, 0.15) is 0 Å². The third-order valence-electron chi connectivity index (χ3n) is 3.29. The summed E-state index contributed by atoms with van der Waals surface area (Å²) in [7, 11) is -3.39. The molecule has 1 saturated carbocycles. The Morgan fingerprint density at radius 2 is 1.95 bits per heavy atom. The van der Waals surface area contributed by atoms with E-state index in [2.05, 4.69) is 16.6 Å². The Kier molecular flexibility index (Phi) is 4.59. The van der Waals surface area contributed by atoms with Gasteiger partial charge in [0.25, 0.3) is 0 Å². The summed E-state index contributed by atoms with van der Waals surface area (Å²) in [6.45, 7) is 0.833. The largest absolute Gasteiger partial charge is 0.320 e. The molecule has 19 heavy (non-hydrogen) atoms. The Labute approximate surface area is 114 Å². The van der Waals surface area contributed by atoms with Crippen molar-refractivity contribution in [3.8, 4) is 11.8 Å². The van der Waals surface area contributed by atoms with E-state index in [1.165, 1.54) is 6.42 Å². The van der Waals surface area contributed by atoms with Crippen LogP contribution in [0.5, 0.6) is 0 Å². The highest BCUT2D eigenvalue weighted by molar-refractivity contribution is 7.89. The van der Waals surface area contributed by atoms with Crippen LogP contribution < -0.4 is 10.5 Å². The van der Waals surface area contributed by atoms with Gasteiger partial charge in [-0.3, -0.25) is 0 Å². The van der Waals surface area contributed by atoms with Crippen LogP contribution in [0.25, 0.3) is 0 Å². The van der Waals surface area contributed by atoms with E-state index >= 15 is 0 Å². The Morgan fingerprint density at radius 1 is 1.26 bits per heavy atom. The van der Waals surface area contributed by atoms with E-state index in [9.17, 15) is 8.42 Å². The Morgan fingerprint density at radius 3 is 2.47 bits per heavy atom. The molecule has 1 aliphatic rings. The van der Waals surface area contributed by atoms with Crippen molar-refractivity contribution in [3.05, 3.63) is 29.8 Å². The molecule has 0 spiro atoms. The predicted octanol–water partition coefficient (Wildman–Crippen LogP) is 1.08. The minimum atomic E-state index is -3.39. The maximum Gasteiger partial charge on any atom is 0.240 e. The summed E-state index contributed by atoms with van der Waals surface area (Å²) in [6, 6.07) is 6.54. The summed E-state index contributed by atoms with van der Waals surface area (Å²) >= 11 is 0. The monoisotopic (exact) mass is 278 g/mol. The molecular weight excluding hydrogens is 260 g/mol. The first kappa shape index (κ1) is 14.1. The standard InChI is InChI=1S/C14H18N2O2S/c15-10-2-5-12-6-8-14(9-7-12)19(17,18)16-11-13-3-1-4-13/h6-9,13,16H,1,3-4,10-11,15H2. The van der Waals surface area contributed by atoms with Crippen molar-refractivity contribution >= 4 is 10.0 Å². The molecule has 0 unspecified atom stereocenters. The summed E-state index contributed by atoms with van der Waals surface area (Å²) < 4.78 is 26.7. The Hall–Kier alpha value is -1.35. The zero-order chi connectivity index (χ0) is 13.7. The highest BCUT2D eigenvalue weighted by Crippen LogP contribution is 2.25. The minimum absolute atomic E-state index is 0.283. The van der Waals surface area contributed by atoms with Crippen LogP contribution in [0.15, 0.2) is 29.2 Å². The number of nitrogens with one attached hydrogen (secondary N) is 1. The molecule has 0 aliphatic heterocycles. The molecule has 4 nitrogen and oxygen atoms in total. The Bertz CT molecular complexity index is 578. The molecule has 1 aromatic rings. The minimum Gasteiger partial charge on any atom is -0.320 e. The number of benzene rings is 1. The third kappa shape index (κ3) is 3.80. The first-order chi connectivity index (χ1) is 9.12. The van der Waals surface area contributed by atoms with Crippen LogP contribution in [0.3, 0.4) is 0 Å². The molecule has 0 saturated heterocycles. The van der Waals surface area contributed by atoms with Crippen molar-refractivity contribution in [2.75, 3.05) is 13.1 Å². The van der Waals surface area contributed by atoms with Crippen molar-refractivity contribution in [2.24, 2.45) is 11.7 Å². The summed E-state index contributed by atoms with van der Waals surface area (Å²) in [5, 5.41) is 0. The topological polar surface area (TPSA) is 72.2 Å². The van der Waals surface area contributed by atoms with E-state index in [1.54, 1.807) is 24.3 Å². The molecule has 1 fully saturated rings. The average Bonchev–Trinajstić information content (AvgIpc) is 2.35. The predicted molar refractivity (Wildman–Crippen MR) is 74.9 cm³/mol. The van der Waals surface area contributed by atoms with Gasteiger partial charge >= 0.3 is 0 Å². The van der Waals surface area contributed by atoms with Crippen molar-refractivity contribution < 1.29 is 8.42 Å². The first-order valence-electron chi connectivity index (χ1n) is 6.40. The molecule has 102 valence electrons. The van der Waals surface area contributed by atoms with E-state index in [-0.39, 0.29) is 4.90 Å². The molecule has 0 heterocycles. The van der Waals surface area contributed by atoms with E-state index in [4.69, 9.17) is 5.73 Å². The SMILES string of the molecule is NCC#Cc1ccc(S(=O)(=O)NCC2CCC2)cc1. The summed E-state index contributed by atoms with van der Waals surface area (Å²) in [5.74, 6) is 6.10. The van der Waals surface area contributed by atoms with Crippen LogP contribution in [0.2, 0.25) is 0 Å². The maximum absolute atomic E-state index is 12.0. The number of sulfonamides is 1. The van der Waals surface area contributed by atoms with Gasteiger partial charge in [-0.25, -0.2) is 13.1 Å². The van der Waals surface area contributed by atoms with Gasteiger partial charge in [0.05, 0.1) is 11.4 Å². The molecule has 0 aromatic heterocycles. The van der Waals surface area contributed by atoms with Gasteiger partial charge in [-0.2, -0.15) is 0 Å². The lowest BCUT2D eigenvalue weighted by atomic mass is 9.86. The van der Waals surface area contributed by atoms with Gasteiger partial charge in [-0.15, -0.1) is 0 Å². The first-order valence-corrected chi connectivity index (χ1v) is 7.89. The molecule has 1 aromatic carbocycles. The average molecular weight is 278 g/mol. The summed E-state index contributed by atoms with van der Waals surface area (Å²) in [6.07, 6.45) is 3.45. The van der Waals surface area contributed by atoms with Crippen LogP contribution >= 0.6 is 0 Å². The zero-order valence-electron chi connectivity index (χ0n) is 10.7. The van der Waals surface area contributed by atoms with Crippen molar-refractivity contribution in [2.45, 2.75) is 24.2 Å². The molecular formula is C14H18N2O2S. The van der Waals surface area contributed by atoms with Gasteiger partial charge in [-0.1, -0.05) is 18.3 Å². The van der Waals surface area contributed by atoms with Crippen LogP contribution in [-0.2, 0) is 10.0 Å². The fourth-order valence-corrected chi connectivity index (χ4v) is 2.99. The van der Waals surface area contributed by atoms with Gasteiger partial charge < -0.3 is 5.73 Å². The highest BCUT2D eigenvalue weighted by atomic mass is 32.2. The number of hydrogen-bond donors (Lipinski definition) is 2. The van der Waals surface area contributed by atoms with Crippen molar-refractivity contribution in [1.29, 1.82) is 0 Å². The normalized spacial score (nSPS) is 15.4. The molecule has 5 heteroatoms. The molecule has 3 N–H and O–H groups in total. The maximum atomic E-state index is 12.0. The fraction of sp³-hybridized carbons (Fsp3) is 0.429. The lowest BCUT2D eigenvalue weighted by Gasteiger charge is -2.25. The van der Waals surface area contributed by atoms with Gasteiger partial charge in [-0.05, 0) is 43.0 Å². The van der Waals surface area contributed by atoms with E-state index in [0.29, 0.717) is 19.0 Å². The van der Waals surface area contributed by atoms with Crippen LogP contribution in [0, 0.1) is 17.8 Å². The summed E-state index contributed by atoms with van der Waals surface area (Å²) in [4.78, 5) is 0.283. The van der Waals surface area contributed by atoms with E-state index in [0.717, 1.165) is 18.4 Å². The van der Waals surface area contributed by atoms with Crippen LogP contribution in [0.4, 0.5) is 0 Å². The van der Waals surface area contributed by atoms with E-state index < -0.39 is 10.0 Å². The zero-order valence-corrected chi connectivity index (χ0v) is 11.5. The molecule has 2 rings (SSSR count). The van der Waals surface area contributed by atoms with E-state index in [1.807, 2.05) is 0 Å². The lowest BCUT2D eigenvalue weighted by molar-refractivity contribution is 0.316. The van der Waals surface area contributed by atoms with Crippen LogP contribution in [-0.4, -0.2) is 21.5 Å². The fourth-order valence-electron chi connectivity index (χ4n) is 1.88. The highest BCUT2D eigenvalue weighted by Gasteiger charge is 2.21. The van der Waals surface area contributed by atoms with Gasteiger partial charge in [0.15, 0.2) is 0 Å².